The summed E-state index contributed by atoms with van der Waals surface area (Å²) < 4.78 is 4.64. The van der Waals surface area contributed by atoms with Crippen LogP contribution in [0.25, 0.3) is 0 Å². The van der Waals surface area contributed by atoms with E-state index in [0.717, 1.165) is 18.4 Å². The second-order valence-corrected chi connectivity index (χ2v) is 5.75. The number of likely N-dealkylation sites (tertiary alicyclic amines) is 1. The van der Waals surface area contributed by atoms with Crippen LogP contribution in [0.4, 0.5) is 5.69 Å². The molecule has 0 saturated carbocycles. The number of ether oxygens (including phenoxy) is 1. The number of esters is 1. The molecule has 0 unspecified atom stereocenters. The fourth-order valence-corrected chi connectivity index (χ4v) is 2.72. The third-order valence-corrected chi connectivity index (χ3v) is 4.01. The fourth-order valence-electron chi connectivity index (χ4n) is 2.72. The maximum absolute atomic E-state index is 12.4. The van der Waals surface area contributed by atoms with Gasteiger partial charge < -0.3 is 15.0 Å². The molecular formula is C17H22N2O4. The van der Waals surface area contributed by atoms with E-state index in [4.69, 9.17) is 0 Å². The predicted octanol–water partition coefficient (Wildman–Crippen LogP) is 1.60. The lowest BCUT2D eigenvalue weighted by Crippen LogP contribution is -2.42. The highest BCUT2D eigenvalue weighted by Crippen LogP contribution is 2.19. The van der Waals surface area contributed by atoms with Gasteiger partial charge in [0.25, 0.3) is 0 Å². The quantitative estimate of drug-likeness (QED) is 0.856. The summed E-state index contributed by atoms with van der Waals surface area (Å²) in [5.74, 6) is -0.608. The molecule has 0 aromatic heterocycles. The Kier molecular flexibility index (Phi) is 5.73. The Morgan fingerprint density at radius 2 is 2.13 bits per heavy atom. The maximum atomic E-state index is 12.4. The zero-order valence-corrected chi connectivity index (χ0v) is 13.5. The number of anilines is 1. The van der Waals surface area contributed by atoms with Crippen LogP contribution < -0.4 is 5.32 Å². The smallest absolute Gasteiger partial charge is 0.309 e. The summed E-state index contributed by atoms with van der Waals surface area (Å²) in [6.07, 6.45) is 1.78. The van der Waals surface area contributed by atoms with Gasteiger partial charge in [0.15, 0.2) is 0 Å². The van der Waals surface area contributed by atoms with E-state index in [1.54, 1.807) is 23.1 Å². The third kappa shape index (κ3) is 4.81. The standard InChI is InChI=1S/C17H22N2O4/c1-12(20)19-8-4-6-14(11-19)17(22)18-15-7-3-5-13(9-15)10-16(21)23-2/h3,5,7,9,14H,4,6,8,10-11H2,1-2H3,(H,18,22)/t14-/m0/s1. The topological polar surface area (TPSA) is 75.7 Å². The van der Waals surface area contributed by atoms with Gasteiger partial charge in [0.05, 0.1) is 19.4 Å². The molecule has 1 aromatic carbocycles. The van der Waals surface area contributed by atoms with Gasteiger partial charge in [0.1, 0.15) is 0 Å². The Morgan fingerprint density at radius 1 is 1.35 bits per heavy atom. The van der Waals surface area contributed by atoms with E-state index >= 15 is 0 Å². The van der Waals surface area contributed by atoms with Crippen molar-refractivity contribution in [3.8, 4) is 0 Å². The van der Waals surface area contributed by atoms with Crippen molar-refractivity contribution in [2.75, 3.05) is 25.5 Å². The molecular weight excluding hydrogens is 296 g/mol. The molecule has 0 spiro atoms. The Balaban J connectivity index is 1.98. The number of rotatable bonds is 4. The molecule has 2 amide bonds. The van der Waals surface area contributed by atoms with E-state index in [1.165, 1.54) is 14.0 Å². The van der Waals surface area contributed by atoms with Crippen LogP contribution in [-0.2, 0) is 25.5 Å². The molecule has 1 fully saturated rings. The highest BCUT2D eigenvalue weighted by molar-refractivity contribution is 5.93. The molecule has 1 aliphatic heterocycles. The zero-order chi connectivity index (χ0) is 16.8. The number of nitrogens with zero attached hydrogens (tertiary/aromatic N) is 1. The fraction of sp³-hybridized carbons (Fsp3) is 0.471. The zero-order valence-electron chi connectivity index (χ0n) is 13.5. The van der Waals surface area contributed by atoms with Gasteiger partial charge in [-0.05, 0) is 30.5 Å². The molecule has 23 heavy (non-hydrogen) atoms. The number of methoxy groups -OCH3 is 1. The first-order valence-corrected chi connectivity index (χ1v) is 7.71. The van der Waals surface area contributed by atoms with Gasteiger partial charge in [-0.15, -0.1) is 0 Å². The molecule has 1 heterocycles. The highest BCUT2D eigenvalue weighted by atomic mass is 16.5. The highest BCUT2D eigenvalue weighted by Gasteiger charge is 2.27. The SMILES string of the molecule is COC(=O)Cc1cccc(NC(=O)[C@H]2CCCN(C(C)=O)C2)c1. The Labute approximate surface area is 135 Å². The number of amides is 2. The molecule has 1 aromatic rings. The van der Waals surface area contributed by atoms with Gasteiger partial charge in [-0.3, -0.25) is 14.4 Å². The number of hydrogen-bond acceptors (Lipinski definition) is 4. The lowest BCUT2D eigenvalue weighted by atomic mass is 9.97. The summed E-state index contributed by atoms with van der Waals surface area (Å²) in [5, 5.41) is 2.87. The molecule has 6 heteroatoms. The second-order valence-electron chi connectivity index (χ2n) is 5.75. The van der Waals surface area contributed by atoms with E-state index in [1.807, 2.05) is 6.07 Å². The molecule has 2 rings (SSSR count). The average molecular weight is 318 g/mol. The van der Waals surface area contributed by atoms with E-state index in [-0.39, 0.29) is 30.1 Å². The van der Waals surface area contributed by atoms with Gasteiger partial charge >= 0.3 is 5.97 Å². The van der Waals surface area contributed by atoms with Crippen LogP contribution in [0.15, 0.2) is 24.3 Å². The van der Waals surface area contributed by atoms with Crippen molar-refractivity contribution in [3.05, 3.63) is 29.8 Å². The van der Waals surface area contributed by atoms with Crippen LogP contribution in [0.5, 0.6) is 0 Å². The minimum Gasteiger partial charge on any atom is -0.469 e. The lowest BCUT2D eigenvalue weighted by molar-refractivity contribution is -0.139. The molecule has 0 radical (unpaired) electrons. The summed E-state index contributed by atoms with van der Waals surface area (Å²) in [6.45, 7) is 2.70. The van der Waals surface area contributed by atoms with Crippen LogP contribution >= 0.6 is 0 Å². The summed E-state index contributed by atoms with van der Waals surface area (Å²) in [5.41, 5.74) is 1.43. The molecule has 1 N–H and O–H groups in total. The monoisotopic (exact) mass is 318 g/mol. The molecule has 1 saturated heterocycles. The molecule has 0 aliphatic carbocycles. The lowest BCUT2D eigenvalue weighted by Gasteiger charge is -2.31. The van der Waals surface area contributed by atoms with Crippen LogP contribution in [0.3, 0.4) is 0 Å². The van der Waals surface area contributed by atoms with Gasteiger partial charge in [-0.25, -0.2) is 0 Å². The Hall–Kier alpha value is -2.37. The van der Waals surface area contributed by atoms with Gasteiger partial charge in [0, 0.05) is 25.7 Å². The first-order chi connectivity index (χ1) is 11.0. The van der Waals surface area contributed by atoms with E-state index in [0.29, 0.717) is 18.8 Å². The predicted molar refractivity (Wildman–Crippen MR) is 85.8 cm³/mol. The minimum absolute atomic E-state index is 0.00238. The summed E-state index contributed by atoms with van der Waals surface area (Å²) in [7, 11) is 1.35. The van der Waals surface area contributed by atoms with E-state index in [2.05, 4.69) is 10.1 Å². The number of benzene rings is 1. The minimum atomic E-state index is -0.321. The summed E-state index contributed by atoms with van der Waals surface area (Å²) in [4.78, 5) is 36.9. The number of nitrogens with one attached hydrogen (secondary N) is 1. The summed E-state index contributed by atoms with van der Waals surface area (Å²) >= 11 is 0. The Morgan fingerprint density at radius 3 is 2.83 bits per heavy atom. The average Bonchev–Trinajstić information content (AvgIpc) is 2.55. The van der Waals surface area contributed by atoms with Crippen molar-refractivity contribution in [3.63, 3.8) is 0 Å². The van der Waals surface area contributed by atoms with Crippen LogP contribution in [-0.4, -0.2) is 42.9 Å². The van der Waals surface area contributed by atoms with E-state index < -0.39 is 0 Å². The largest absolute Gasteiger partial charge is 0.469 e. The van der Waals surface area contributed by atoms with Crippen molar-refractivity contribution >= 4 is 23.5 Å². The van der Waals surface area contributed by atoms with Gasteiger partial charge in [-0.2, -0.15) is 0 Å². The molecule has 1 aliphatic rings. The number of carbonyl (C=O) groups is 3. The number of carbonyl (C=O) groups excluding carboxylic acids is 3. The first kappa shape index (κ1) is 17.0. The molecule has 1 atom stereocenters. The van der Waals surface area contributed by atoms with Crippen LogP contribution in [0.1, 0.15) is 25.3 Å². The van der Waals surface area contributed by atoms with Crippen LogP contribution in [0, 0.1) is 5.92 Å². The Bertz CT molecular complexity index is 600. The van der Waals surface area contributed by atoms with Crippen molar-refractivity contribution in [1.29, 1.82) is 0 Å². The number of piperidine rings is 1. The van der Waals surface area contributed by atoms with Crippen molar-refractivity contribution in [2.45, 2.75) is 26.2 Å². The van der Waals surface area contributed by atoms with Gasteiger partial charge in [0.2, 0.25) is 11.8 Å². The van der Waals surface area contributed by atoms with Crippen molar-refractivity contribution in [2.24, 2.45) is 5.92 Å². The van der Waals surface area contributed by atoms with Crippen molar-refractivity contribution in [1.82, 2.24) is 4.90 Å². The molecule has 124 valence electrons. The van der Waals surface area contributed by atoms with Crippen LogP contribution in [0.2, 0.25) is 0 Å². The first-order valence-electron chi connectivity index (χ1n) is 7.71. The van der Waals surface area contributed by atoms with E-state index in [9.17, 15) is 14.4 Å². The van der Waals surface area contributed by atoms with Gasteiger partial charge in [-0.1, -0.05) is 12.1 Å². The number of hydrogen-bond donors (Lipinski definition) is 1. The molecule has 6 nitrogen and oxygen atoms in total. The molecule has 0 bridgehead atoms. The summed E-state index contributed by atoms with van der Waals surface area (Å²) in [6, 6.07) is 7.14. The second kappa shape index (κ2) is 7.76. The third-order valence-electron chi connectivity index (χ3n) is 4.01. The maximum Gasteiger partial charge on any atom is 0.309 e. The normalized spacial score (nSPS) is 17.5. The van der Waals surface area contributed by atoms with Crippen molar-refractivity contribution < 1.29 is 19.1 Å².